The molecule has 5 heteroatoms. The first kappa shape index (κ1) is 15.0. The van der Waals surface area contributed by atoms with Gasteiger partial charge in [-0.15, -0.1) is 0 Å². The molecule has 0 spiro atoms. The molecule has 1 aromatic rings. The van der Waals surface area contributed by atoms with E-state index in [2.05, 4.69) is 0 Å². The molecule has 1 aromatic carbocycles. The molecule has 0 saturated carbocycles. The number of carbonyl (C=O) groups excluding carboxylic acids is 2. The van der Waals surface area contributed by atoms with Gasteiger partial charge < -0.3 is 9.80 Å². The van der Waals surface area contributed by atoms with E-state index in [1.165, 1.54) is 12.1 Å². The fraction of sp³-hybridized carbons (Fsp3) is 0.529. The van der Waals surface area contributed by atoms with Crippen LogP contribution in [0.2, 0.25) is 0 Å². The Bertz CT molecular complexity index is 590. The lowest BCUT2D eigenvalue weighted by Gasteiger charge is -2.33. The second-order valence-corrected chi connectivity index (χ2v) is 6.25. The molecule has 2 amide bonds. The van der Waals surface area contributed by atoms with Gasteiger partial charge in [0.15, 0.2) is 0 Å². The van der Waals surface area contributed by atoms with E-state index in [0.717, 1.165) is 18.4 Å². The summed E-state index contributed by atoms with van der Waals surface area (Å²) in [6.45, 7) is 1.33. The van der Waals surface area contributed by atoms with Crippen LogP contribution in [-0.4, -0.2) is 41.8 Å². The number of carbonyl (C=O) groups is 2. The molecule has 2 fully saturated rings. The first-order valence-corrected chi connectivity index (χ1v) is 7.86. The van der Waals surface area contributed by atoms with Crippen molar-refractivity contribution in [3.63, 3.8) is 0 Å². The van der Waals surface area contributed by atoms with E-state index in [1.54, 1.807) is 18.0 Å². The smallest absolute Gasteiger partial charge is 0.226 e. The third kappa shape index (κ3) is 2.85. The monoisotopic (exact) mass is 304 g/mol. The highest BCUT2D eigenvalue weighted by atomic mass is 19.1. The Kier molecular flexibility index (Phi) is 4.14. The van der Waals surface area contributed by atoms with Crippen molar-refractivity contribution in [1.82, 2.24) is 9.80 Å². The molecule has 3 rings (SSSR count). The second-order valence-electron chi connectivity index (χ2n) is 6.25. The lowest BCUT2D eigenvalue weighted by atomic mass is 9.94. The predicted octanol–water partition coefficient (Wildman–Crippen LogP) is 2.36. The highest BCUT2D eigenvalue weighted by molar-refractivity contribution is 5.87. The van der Waals surface area contributed by atoms with Gasteiger partial charge in [0.2, 0.25) is 11.8 Å². The molecule has 2 aliphatic heterocycles. The standard InChI is InChI=1S/C17H21FN2O2/c1-19-9-7-13(11-16(19)21)17(22)20-8-3-6-15(20)12-4-2-5-14(18)10-12/h2,4-5,10,13,15H,3,6-9,11H2,1H3/t13-,15-/m0/s1. The predicted molar refractivity (Wildman–Crippen MR) is 80.4 cm³/mol. The van der Waals surface area contributed by atoms with Crippen molar-refractivity contribution < 1.29 is 14.0 Å². The zero-order chi connectivity index (χ0) is 15.7. The molecule has 0 unspecified atom stereocenters. The number of likely N-dealkylation sites (tertiary alicyclic amines) is 2. The summed E-state index contributed by atoms with van der Waals surface area (Å²) in [5, 5.41) is 0. The molecule has 2 aliphatic rings. The molecule has 2 heterocycles. The number of halogens is 1. The molecule has 0 aliphatic carbocycles. The normalized spacial score (nSPS) is 25.6. The molecule has 118 valence electrons. The number of amides is 2. The molecule has 0 bridgehead atoms. The first-order valence-electron chi connectivity index (χ1n) is 7.86. The van der Waals surface area contributed by atoms with Gasteiger partial charge in [-0.05, 0) is 37.0 Å². The molecular weight excluding hydrogens is 283 g/mol. The lowest BCUT2D eigenvalue weighted by molar-refractivity contribution is -0.145. The van der Waals surface area contributed by atoms with Crippen molar-refractivity contribution in [3.8, 4) is 0 Å². The van der Waals surface area contributed by atoms with Crippen molar-refractivity contribution in [1.29, 1.82) is 0 Å². The van der Waals surface area contributed by atoms with Crippen LogP contribution in [0.4, 0.5) is 4.39 Å². The molecular formula is C17H21FN2O2. The van der Waals surface area contributed by atoms with Crippen molar-refractivity contribution in [2.24, 2.45) is 5.92 Å². The third-order valence-corrected chi connectivity index (χ3v) is 4.78. The maximum Gasteiger partial charge on any atom is 0.226 e. The zero-order valence-corrected chi connectivity index (χ0v) is 12.8. The van der Waals surface area contributed by atoms with Crippen molar-refractivity contribution in [2.75, 3.05) is 20.1 Å². The Balaban J connectivity index is 1.75. The maximum atomic E-state index is 13.4. The zero-order valence-electron chi connectivity index (χ0n) is 12.8. The van der Waals surface area contributed by atoms with Gasteiger partial charge in [-0.2, -0.15) is 0 Å². The topological polar surface area (TPSA) is 40.6 Å². The summed E-state index contributed by atoms with van der Waals surface area (Å²) >= 11 is 0. The third-order valence-electron chi connectivity index (χ3n) is 4.78. The van der Waals surface area contributed by atoms with Crippen LogP contribution in [-0.2, 0) is 9.59 Å². The number of benzene rings is 1. The van der Waals surface area contributed by atoms with Crippen LogP contribution >= 0.6 is 0 Å². The van der Waals surface area contributed by atoms with Gasteiger partial charge in [-0.1, -0.05) is 12.1 Å². The SMILES string of the molecule is CN1CC[C@H](C(=O)N2CCC[C@H]2c2cccc(F)c2)CC1=O. The lowest BCUT2D eigenvalue weighted by Crippen LogP contribution is -2.43. The van der Waals surface area contributed by atoms with Gasteiger partial charge in [-0.25, -0.2) is 4.39 Å². The quantitative estimate of drug-likeness (QED) is 0.841. The van der Waals surface area contributed by atoms with Crippen LogP contribution in [0.1, 0.15) is 37.3 Å². The van der Waals surface area contributed by atoms with Gasteiger partial charge in [0.05, 0.1) is 6.04 Å². The minimum absolute atomic E-state index is 0.0334. The van der Waals surface area contributed by atoms with Crippen molar-refractivity contribution in [2.45, 2.75) is 31.7 Å². The maximum absolute atomic E-state index is 13.4. The van der Waals surface area contributed by atoms with E-state index in [9.17, 15) is 14.0 Å². The van der Waals surface area contributed by atoms with Crippen LogP contribution in [0.15, 0.2) is 24.3 Å². The first-order chi connectivity index (χ1) is 10.6. The van der Waals surface area contributed by atoms with E-state index in [-0.39, 0.29) is 29.6 Å². The van der Waals surface area contributed by atoms with Crippen LogP contribution in [0.25, 0.3) is 0 Å². The Hall–Kier alpha value is -1.91. The van der Waals surface area contributed by atoms with Crippen molar-refractivity contribution in [3.05, 3.63) is 35.6 Å². The average Bonchev–Trinajstić information content (AvgIpc) is 2.99. The Morgan fingerprint density at radius 1 is 1.27 bits per heavy atom. The fourth-order valence-electron chi connectivity index (χ4n) is 3.48. The average molecular weight is 304 g/mol. The highest BCUT2D eigenvalue weighted by Crippen LogP contribution is 2.34. The minimum Gasteiger partial charge on any atom is -0.346 e. The molecule has 4 nitrogen and oxygen atoms in total. The van der Waals surface area contributed by atoms with E-state index in [0.29, 0.717) is 25.9 Å². The van der Waals surface area contributed by atoms with Crippen LogP contribution in [0.3, 0.4) is 0 Å². The largest absolute Gasteiger partial charge is 0.346 e. The van der Waals surface area contributed by atoms with Gasteiger partial charge in [-0.3, -0.25) is 9.59 Å². The number of rotatable bonds is 2. The van der Waals surface area contributed by atoms with E-state index >= 15 is 0 Å². The summed E-state index contributed by atoms with van der Waals surface area (Å²) in [6.07, 6.45) is 2.79. The van der Waals surface area contributed by atoms with Gasteiger partial charge >= 0.3 is 0 Å². The molecule has 2 saturated heterocycles. The summed E-state index contributed by atoms with van der Waals surface area (Å²) < 4.78 is 13.4. The minimum atomic E-state index is -0.272. The van der Waals surface area contributed by atoms with E-state index < -0.39 is 0 Å². The molecule has 0 radical (unpaired) electrons. The van der Waals surface area contributed by atoms with Crippen LogP contribution in [0, 0.1) is 11.7 Å². The van der Waals surface area contributed by atoms with Crippen LogP contribution < -0.4 is 0 Å². The van der Waals surface area contributed by atoms with E-state index in [4.69, 9.17) is 0 Å². The molecule has 0 aromatic heterocycles. The summed E-state index contributed by atoms with van der Waals surface area (Å²) in [6, 6.07) is 6.43. The van der Waals surface area contributed by atoms with Gasteiger partial charge in [0.1, 0.15) is 5.82 Å². The second kappa shape index (κ2) is 6.07. The number of piperidine rings is 1. The highest BCUT2D eigenvalue weighted by Gasteiger charge is 2.36. The van der Waals surface area contributed by atoms with Crippen LogP contribution in [0.5, 0.6) is 0 Å². The molecule has 22 heavy (non-hydrogen) atoms. The fourth-order valence-corrected chi connectivity index (χ4v) is 3.48. The number of hydrogen-bond donors (Lipinski definition) is 0. The Morgan fingerprint density at radius 2 is 2.09 bits per heavy atom. The summed E-state index contributed by atoms with van der Waals surface area (Å²) in [4.78, 5) is 28.1. The Morgan fingerprint density at radius 3 is 2.82 bits per heavy atom. The summed E-state index contributed by atoms with van der Waals surface area (Å²) in [5.41, 5.74) is 0.852. The van der Waals surface area contributed by atoms with Gasteiger partial charge in [0, 0.05) is 32.5 Å². The summed E-state index contributed by atoms with van der Waals surface area (Å²) in [5.74, 6) is -0.413. The van der Waals surface area contributed by atoms with Crippen molar-refractivity contribution >= 4 is 11.8 Å². The summed E-state index contributed by atoms with van der Waals surface area (Å²) in [7, 11) is 1.77. The Labute approximate surface area is 129 Å². The van der Waals surface area contributed by atoms with Gasteiger partial charge in [0.25, 0.3) is 0 Å². The number of hydrogen-bond acceptors (Lipinski definition) is 2. The number of nitrogens with zero attached hydrogens (tertiary/aromatic N) is 2. The van der Waals surface area contributed by atoms with E-state index in [1.807, 2.05) is 11.0 Å². The molecule has 0 N–H and O–H groups in total. The molecule has 2 atom stereocenters.